The number of amides is 1. The van der Waals surface area contributed by atoms with Gasteiger partial charge in [-0.25, -0.2) is 4.79 Å². The van der Waals surface area contributed by atoms with Crippen LogP contribution in [0.15, 0.2) is 39.5 Å². The summed E-state index contributed by atoms with van der Waals surface area (Å²) in [7, 11) is 0. The van der Waals surface area contributed by atoms with Gasteiger partial charge in [0.15, 0.2) is 0 Å². The van der Waals surface area contributed by atoms with E-state index in [1.165, 1.54) is 4.90 Å². The summed E-state index contributed by atoms with van der Waals surface area (Å²) in [5.41, 5.74) is -0.245. The topological polar surface area (TPSA) is 76.8 Å². The van der Waals surface area contributed by atoms with E-state index in [-0.39, 0.29) is 24.5 Å². The number of hydrogen-bond donors (Lipinski definition) is 0. The Labute approximate surface area is 152 Å². The third kappa shape index (κ3) is 5.18. The number of nitrogens with zero attached hydrogens (tertiary/aromatic N) is 1. The zero-order valence-electron chi connectivity index (χ0n) is 15.5. The Bertz CT molecular complexity index is 824. The molecule has 6 nitrogen and oxygen atoms in total. The van der Waals surface area contributed by atoms with Gasteiger partial charge in [-0.2, -0.15) is 0 Å². The first kappa shape index (κ1) is 19.7. The lowest BCUT2D eigenvalue weighted by atomic mass is 10.1. The molecule has 140 valence electrons. The van der Waals surface area contributed by atoms with Crippen LogP contribution in [0.25, 0.3) is 11.0 Å². The van der Waals surface area contributed by atoms with Crippen molar-refractivity contribution in [2.24, 2.45) is 5.92 Å². The van der Waals surface area contributed by atoms with Crippen molar-refractivity contribution in [1.82, 2.24) is 4.90 Å². The molecular formula is C20H25NO5. The van der Waals surface area contributed by atoms with E-state index in [0.29, 0.717) is 30.0 Å². The van der Waals surface area contributed by atoms with Gasteiger partial charge >= 0.3 is 11.6 Å². The van der Waals surface area contributed by atoms with Gasteiger partial charge in [-0.1, -0.05) is 32.0 Å². The predicted octanol–water partition coefficient (Wildman–Crippen LogP) is 3.23. The lowest BCUT2D eigenvalue weighted by Gasteiger charge is -2.23. The molecule has 0 aliphatic heterocycles. The molecule has 0 unspecified atom stereocenters. The minimum Gasteiger partial charge on any atom is -0.466 e. The Balaban J connectivity index is 2.25. The fourth-order valence-corrected chi connectivity index (χ4v) is 2.57. The molecule has 1 heterocycles. The van der Waals surface area contributed by atoms with Gasteiger partial charge in [0.05, 0.1) is 13.0 Å². The largest absolute Gasteiger partial charge is 0.466 e. The van der Waals surface area contributed by atoms with E-state index in [9.17, 15) is 14.4 Å². The summed E-state index contributed by atoms with van der Waals surface area (Å²) in [6.45, 7) is 6.81. The first-order valence-corrected chi connectivity index (χ1v) is 8.90. The number of hydrogen-bond acceptors (Lipinski definition) is 5. The maximum absolute atomic E-state index is 12.9. The number of carbonyl (C=O) groups is 2. The lowest BCUT2D eigenvalue weighted by Crippen LogP contribution is -2.37. The Morgan fingerprint density at radius 1 is 1.19 bits per heavy atom. The van der Waals surface area contributed by atoms with Crippen molar-refractivity contribution in [3.8, 4) is 0 Å². The van der Waals surface area contributed by atoms with E-state index in [4.69, 9.17) is 9.15 Å². The first-order valence-electron chi connectivity index (χ1n) is 8.90. The summed E-state index contributed by atoms with van der Waals surface area (Å²) in [5, 5.41) is 0.685. The van der Waals surface area contributed by atoms with Gasteiger partial charge in [-0.05, 0) is 31.4 Å². The molecule has 0 aliphatic rings. The molecule has 2 aromatic rings. The van der Waals surface area contributed by atoms with Crippen molar-refractivity contribution in [2.45, 2.75) is 33.6 Å². The fraction of sp³-hybridized carbons (Fsp3) is 0.450. The normalized spacial score (nSPS) is 10.9. The standard InChI is InChI=1S/C20H25NO5/c1-4-25-18(22)10-12-21(11-9-14(2)3)19(23)16-13-15-7-5-6-8-17(15)26-20(16)24/h5-8,13-14H,4,9-12H2,1-3H3. The highest BCUT2D eigenvalue weighted by molar-refractivity contribution is 5.96. The van der Waals surface area contributed by atoms with Crippen LogP contribution in [0.5, 0.6) is 0 Å². The second-order valence-corrected chi connectivity index (χ2v) is 6.52. The van der Waals surface area contributed by atoms with E-state index in [2.05, 4.69) is 13.8 Å². The van der Waals surface area contributed by atoms with Gasteiger partial charge in [-0.15, -0.1) is 0 Å². The molecule has 0 saturated carbocycles. The van der Waals surface area contributed by atoms with Crippen LogP contribution in [0, 0.1) is 5.92 Å². The van der Waals surface area contributed by atoms with Gasteiger partial charge in [0.25, 0.3) is 5.91 Å². The van der Waals surface area contributed by atoms with Crippen molar-refractivity contribution in [3.63, 3.8) is 0 Å². The van der Waals surface area contributed by atoms with Crippen LogP contribution in [0.4, 0.5) is 0 Å². The Hall–Kier alpha value is -2.63. The average Bonchev–Trinajstić information content (AvgIpc) is 2.60. The summed E-state index contributed by atoms with van der Waals surface area (Å²) < 4.78 is 10.2. The van der Waals surface area contributed by atoms with Gasteiger partial charge in [0, 0.05) is 18.5 Å². The first-order chi connectivity index (χ1) is 12.4. The number of benzene rings is 1. The van der Waals surface area contributed by atoms with Gasteiger partial charge in [0.2, 0.25) is 0 Å². The summed E-state index contributed by atoms with van der Waals surface area (Å²) in [6, 6.07) is 8.60. The molecule has 0 spiro atoms. The number of ether oxygens (including phenoxy) is 1. The molecule has 0 radical (unpaired) electrons. The van der Waals surface area contributed by atoms with Crippen LogP contribution in [0.2, 0.25) is 0 Å². The number of carbonyl (C=O) groups excluding carboxylic acids is 2. The van der Waals surface area contributed by atoms with Crippen LogP contribution < -0.4 is 5.63 Å². The third-order valence-electron chi connectivity index (χ3n) is 4.03. The van der Waals surface area contributed by atoms with Crippen molar-refractivity contribution in [2.75, 3.05) is 19.7 Å². The van der Waals surface area contributed by atoms with Crippen LogP contribution in [0.1, 0.15) is 44.0 Å². The molecule has 26 heavy (non-hydrogen) atoms. The van der Waals surface area contributed by atoms with Crippen molar-refractivity contribution in [1.29, 1.82) is 0 Å². The second kappa shape index (κ2) is 9.17. The van der Waals surface area contributed by atoms with Crippen LogP contribution >= 0.6 is 0 Å². The highest BCUT2D eigenvalue weighted by atomic mass is 16.5. The van der Waals surface area contributed by atoms with E-state index in [0.717, 1.165) is 6.42 Å². The number of para-hydroxylation sites is 1. The molecule has 0 aliphatic carbocycles. The minimum atomic E-state index is -0.667. The summed E-state index contributed by atoms with van der Waals surface area (Å²) in [6.07, 6.45) is 0.865. The highest BCUT2D eigenvalue weighted by Crippen LogP contribution is 2.15. The SMILES string of the molecule is CCOC(=O)CCN(CCC(C)C)C(=O)c1cc2ccccc2oc1=O. The summed E-state index contributed by atoms with van der Waals surface area (Å²) in [5.74, 6) is -0.393. The van der Waals surface area contributed by atoms with Gasteiger partial charge < -0.3 is 14.1 Å². The monoisotopic (exact) mass is 359 g/mol. The van der Waals surface area contributed by atoms with E-state index < -0.39 is 11.5 Å². The number of fused-ring (bicyclic) bond motifs is 1. The molecule has 0 N–H and O–H groups in total. The Morgan fingerprint density at radius 2 is 1.92 bits per heavy atom. The van der Waals surface area contributed by atoms with Crippen molar-refractivity contribution in [3.05, 3.63) is 46.3 Å². The zero-order chi connectivity index (χ0) is 19.1. The molecule has 1 aromatic carbocycles. The minimum absolute atomic E-state index is 0.0173. The van der Waals surface area contributed by atoms with Crippen molar-refractivity contribution < 1.29 is 18.7 Å². The zero-order valence-corrected chi connectivity index (χ0v) is 15.5. The molecule has 0 saturated heterocycles. The molecule has 0 atom stereocenters. The maximum Gasteiger partial charge on any atom is 0.349 e. The molecule has 1 amide bonds. The molecule has 1 aromatic heterocycles. The fourth-order valence-electron chi connectivity index (χ4n) is 2.57. The lowest BCUT2D eigenvalue weighted by molar-refractivity contribution is -0.143. The van der Waals surface area contributed by atoms with E-state index in [1.807, 2.05) is 6.07 Å². The molecule has 0 bridgehead atoms. The van der Waals surface area contributed by atoms with Gasteiger partial charge in [-0.3, -0.25) is 9.59 Å². The van der Waals surface area contributed by atoms with E-state index >= 15 is 0 Å². The van der Waals surface area contributed by atoms with Crippen molar-refractivity contribution >= 4 is 22.8 Å². The van der Waals surface area contributed by atoms with Crippen LogP contribution in [-0.4, -0.2) is 36.5 Å². The average molecular weight is 359 g/mol. The Kier molecular flexibility index (Phi) is 6.95. The molecular weight excluding hydrogens is 334 g/mol. The summed E-state index contributed by atoms with van der Waals surface area (Å²) in [4.78, 5) is 38.3. The number of rotatable bonds is 8. The quantitative estimate of drug-likeness (QED) is 0.534. The number of esters is 1. The third-order valence-corrected chi connectivity index (χ3v) is 4.03. The second-order valence-electron chi connectivity index (χ2n) is 6.52. The van der Waals surface area contributed by atoms with Crippen LogP contribution in [0.3, 0.4) is 0 Å². The maximum atomic E-state index is 12.9. The molecule has 2 rings (SSSR count). The molecule has 6 heteroatoms. The summed E-state index contributed by atoms with van der Waals surface area (Å²) >= 11 is 0. The Morgan fingerprint density at radius 3 is 2.62 bits per heavy atom. The smallest absolute Gasteiger partial charge is 0.349 e. The highest BCUT2D eigenvalue weighted by Gasteiger charge is 2.21. The predicted molar refractivity (Wildman–Crippen MR) is 99.1 cm³/mol. The van der Waals surface area contributed by atoms with Crippen LogP contribution in [-0.2, 0) is 9.53 Å². The van der Waals surface area contributed by atoms with Gasteiger partial charge in [0.1, 0.15) is 11.1 Å². The molecule has 0 fully saturated rings. The van der Waals surface area contributed by atoms with E-state index in [1.54, 1.807) is 31.2 Å².